The highest BCUT2D eigenvalue weighted by Crippen LogP contribution is 2.28. The van der Waals surface area contributed by atoms with E-state index in [9.17, 15) is 25.6 Å². The number of nitrogens with zero attached hydrogens (tertiary/aromatic N) is 6. The van der Waals surface area contributed by atoms with Crippen LogP contribution in [0.1, 0.15) is 33.6 Å². The van der Waals surface area contributed by atoms with Crippen LogP contribution in [0.5, 0.6) is 0 Å². The minimum atomic E-state index is -3.52. The highest BCUT2D eigenvalue weighted by molar-refractivity contribution is 9.10. The average molecular weight is 1020 g/mol. The van der Waals surface area contributed by atoms with Crippen molar-refractivity contribution in [2.24, 2.45) is 0 Å². The van der Waals surface area contributed by atoms with Crippen LogP contribution in [0.25, 0.3) is 0 Å². The van der Waals surface area contributed by atoms with Gasteiger partial charge in [-0.1, -0.05) is 56.1 Å². The molecular formula is C42H42Br2F2N6O4S4. The minimum Gasteiger partial charge on any atom is -0.345 e. The molecule has 18 heteroatoms. The summed E-state index contributed by atoms with van der Waals surface area (Å²) in [4.78, 5) is 14.2. The maximum atomic E-state index is 13.4. The molecule has 2 fully saturated rings. The molecule has 0 spiro atoms. The minimum absolute atomic E-state index is 0.280. The lowest BCUT2D eigenvalue weighted by Gasteiger charge is -2.33. The van der Waals surface area contributed by atoms with Crippen LogP contribution in [0.15, 0.2) is 114 Å². The number of sulfonamides is 2. The molecule has 8 rings (SSSR count). The Kier molecular flexibility index (Phi) is 14.2. The zero-order valence-electron chi connectivity index (χ0n) is 32.8. The largest absolute Gasteiger partial charge is 0.345 e. The molecule has 2 aromatic heterocycles. The van der Waals surface area contributed by atoms with E-state index >= 15 is 0 Å². The van der Waals surface area contributed by atoms with Gasteiger partial charge < -0.3 is 9.80 Å². The Morgan fingerprint density at radius 1 is 0.550 bits per heavy atom. The molecule has 4 aromatic carbocycles. The Labute approximate surface area is 374 Å². The lowest BCUT2D eigenvalue weighted by atomic mass is 10.0. The van der Waals surface area contributed by atoms with Gasteiger partial charge in [0.2, 0.25) is 20.0 Å². The highest BCUT2D eigenvalue weighted by atomic mass is 79.9. The molecule has 0 aliphatic carbocycles. The van der Waals surface area contributed by atoms with E-state index in [0.717, 1.165) is 43.1 Å². The number of hydrogen-bond acceptors (Lipinski definition) is 10. The Morgan fingerprint density at radius 2 is 0.967 bits per heavy atom. The van der Waals surface area contributed by atoms with E-state index in [1.807, 2.05) is 10.3 Å². The van der Waals surface area contributed by atoms with Crippen molar-refractivity contribution < 1.29 is 25.6 Å². The van der Waals surface area contributed by atoms with Crippen LogP contribution in [0, 0.1) is 25.5 Å². The van der Waals surface area contributed by atoms with E-state index in [1.54, 1.807) is 70.2 Å². The van der Waals surface area contributed by atoms with E-state index in [-0.39, 0.29) is 4.90 Å². The van der Waals surface area contributed by atoms with Gasteiger partial charge in [-0.15, -0.1) is 22.7 Å². The van der Waals surface area contributed by atoms with E-state index in [1.165, 1.54) is 38.4 Å². The number of hydrogen-bond donors (Lipinski definition) is 0. The molecule has 60 heavy (non-hydrogen) atoms. The number of benzene rings is 4. The number of piperazine rings is 2. The molecule has 0 saturated carbocycles. The zero-order chi connectivity index (χ0) is 42.6. The van der Waals surface area contributed by atoms with Crippen molar-refractivity contribution in [3.8, 4) is 0 Å². The van der Waals surface area contributed by atoms with E-state index in [4.69, 9.17) is 4.98 Å². The summed E-state index contributed by atoms with van der Waals surface area (Å²) < 4.78 is 82.6. The van der Waals surface area contributed by atoms with Crippen LogP contribution >= 0.6 is 54.5 Å². The first-order chi connectivity index (χ1) is 28.6. The van der Waals surface area contributed by atoms with Gasteiger partial charge in [0.25, 0.3) is 0 Å². The fourth-order valence-electron chi connectivity index (χ4n) is 6.78. The normalized spacial score (nSPS) is 15.5. The highest BCUT2D eigenvalue weighted by Gasteiger charge is 2.31. The number of anilines is 2. The van der Waals surface area contributed by atoms with Gasteiger partial charge in [0, 0.05) is 84.9 Å². The van der Waals surface area contributed by atoms with Gasteiger partial charge >= 0.3 is 0 Å². The standard InChI is InChI=1S/C22H24BrN3O2S2.C20H18BrF2N3O2S2/c1-16-3-4-18(13-17(16)2)14-20-15-29-22(24-20)25-9-11-26(12-10-25)30(27,28)21-7-5-19(23)6-8-21;21-15-2-4-17(5-3-15)30(27,28)26-9-7-25(8-10-26)20-24-16(13-29-20)11-14-1-6-18(22)19(23)12-14/h3-8,13,15H,9-12,14H2,1-2H3;1-6,12-13H,7-11H2. The van der Waals surface area contributed by atoms with Crippen molar-refractivity contribution in [3.63, 3.8) is 0 Å². The van der Waals surface area contributed by atoms with Gasteiger partial charge in [-0.25, -0.2) is 35.6 Å². The summed E-state index contributed by atoms with van der Waals surface area (Å²) in [6.45, 7) is 8.28. The van der Waals surface area contributed by atoms with Crippen LogP contribution in [-0.4, -0.2) is 87.8 Å². The molecule has 4 heterocycles. The molecule has 2 aliphatic rings. The SMILES string of the molecule is Cc1ccc(Cc2csc(N3CCN(S(=O)(=O)c4ccc(Br)cc4)CC3)n2)cc1C.O=S(=O)(c1ccc(Br)cc1)N1CCN(c2nc(Cc3ccc(F)c(F)c3)cs2)CC1. The maximum Gasteiger partial charge on any atom is 0.243 e. The third-order valence-corrected chi connectivity index (χ3v) is 17.1. The predicted octanol–water partition coefficient (Wildman–Crippen LogP) is 8.91. The summed E-state index contributed by atoms with van der Waals surface area (Å²) in [5.41, 5.74) is 6.34. The van der Waals surface area contributed by atoms with Crippen molar-refractivity contribution in [2.75, 3.05) is 62.2 Å². The summed E-state index contributed by atoms with van der Waals surface area (Å²) in [6.07, 6.45) is 1.22. The summed E-state index contributed by atoms with van der Waals surface area (Å²) in [5, 5.41) is 5.76. The van der Waals surface area contributed by atoms with E-state index in [2.05, 4.69) is 79.2 Å². The van der Waals surface area contributed by atoms with Gasteiger partial charge in [-0.05, 0) is 96.8 Å². The molecule has 0 amide bonds. The molecule has 2 saturated heterocycles. The van der Waals surface area contributed by atoms with Crippen molar-refractivity contribution in [1.82, 2.24) is 18.6 Å². The number of aryl methyl sites for hydroxylation is 2. The molecule has 0 N–H and O–H groups in total. The Bertz CT molecular complexity index is 2470. The molecule has 316 valence electrons. The predicted molar refractivity (Wildman–Crippen MR) is 242 cm³/mol. The number of halogens is 4. The zero-order valence-corrected chi connectivity index (χ0v) is 39.2. The summed E-state index contributed by atoms with van der Waals surface area (Å²) in [6, 6.07) is 23.8. The third-order valence-electron chi connectivity index (χ3n) is 10.3. The van der Waals surface area contributed by atoms with Gasteiger partial charge in [-0.2, -0.15) is 8.61 Å². The number of rotatable bonds is 10. The van der Waals surface area contributed by atoms with E-state index < -0.39 is 31.7 Å². The quantitative estimate of drug-likeness (QED) is 0.134. The molecular weight excluding hydrogens is 979 g/mol. The Hall–Kier alpha value is -3.62. The van der Waals surface area contributed by atoms with Crippen LogP contribution < -0.4 is 9.80 Å². The van der Waals surface area contributed by atoms with Crippen LogP contribution in [-0.2, 0) is 32.9 Å². The molecule has 0 unspecified atom stereocenters. The van der Waals surface area contributed by atoms with Gasteiger partial charge in [0.1, 0.15) is 0 Å². The smallest absolute Gasteiger partial charge is 0.243 e. The van der Waals surface area contributed by atoms with Gasteiger partial charge in [-0.3, -0.25) is 0 Å². The first-order valence-corrected chi connectivity index (χ1v) is 25.3. The molecule has 0 radical (unpaired) electrons. The second kappa shape index (κ2) is 19.2. The first kappa shape index (κ1) is 44.4. The maximum absolute atomic E-state index is 13.4. The van der Waals surface area contributed by atoms with Crippen molar-refractivity contribution in [3.05, 3.63) is 150 Å². The number of thiazole rings is 2. The fraction of sp³-hybridized carbons (Fsp3) is 0.286. The summed E-state index contributed by atoms with van der Waals surface area (Å²) in [7, 11) is -6.98. The Balaban J connectivity index is 0.000000181. The molecule has 0 atom stereocenters. The summed E-state index contributed by atoms with van der Waals surface area (Å²) >= 11 is 9.76. The van der Waals surface area contributed by atoms with Crippen LogP contribution in [0.4, 0.5) is 19.0 Å². The van der Waals surface area contributed by atoms with Gasteiger partial charge in [0.15, 0.2) is 21.9 Å². The monoisotopic (exact) mass is 1020 g/mol. The molecule has 2 aliphatic heterocycles. The average Bonchev–Trinajstić information content (AvgIpc) is 3.91. The molecule has 6 aromatic rings. The summed E-state index contributed by atoms with van der Waals surface area (Å²) in [5.74, 6) is -1.74. The van der Waals surface area contributed by atoms with Crippen molar-refractivity contribution in [2.45, 2.75) is 36.5 Å². The molecule has 0 bridgehead atoms. The topological polar surface area (TPSA) is 107 Å². The third kappa shape index (κ3) is 10.7. The second-order valence-corrected chi connectivity index (χ2v) is 21.8. The molecule has 10 nitrogen and oxygen atoms in total. The first-order valence-electron chi connectivity index (χ1n) is 19.1. The number of aromatic nitrogens is 2. The second-order valence-electron chi connectivity index (χ2n) is 14.5. The van der Waals surface area contributed by atoms with Crippen LogP contribution in [0.3, 0.4) is 0 Å². The Morgan fingerprint density at radius 3 is 1.38 bits per heavy atom. The fourth-order valence-corrected chi connectivity index (χ4v) is 11.9. The van der Waals surface area contributed by atoms with Gasteiger partial charge in [0.05, 0.1) is 21.2 Å². The van der Waals surface area contributed by atoms with Crippen LogP contribution in [0.2, 0.25) is 0 Å². The lowest BCUT2D eigenvalue weighted by molar-refractivity contribution is 0.384. The lowest BCUT2D eigenvalue weighted by Crippen LogP contribution is -2.48. The van der Waals surface area contributed by atoms with E-state index in [0.29, 0.717) is 69.2 Å². The van der Waals surface area contributed by atoms with Crippen molar-refractivity contribution >= 4 is 84.8 Å². The van der Waals surface area contributed by atoms with Crippen molar-refractivity contribution in [1.29, 1.82) is 0 Å².